The molecule has 2 atom stereocenters. The summed E-state index contributed by atoms with van der Waals surface area (Å²) >= 11 is 0. The Morgan fingerprint density at radius 1 is 1.44 bits per heavy atom. The predicted octanol–water partition coefficient (Wildman–Crippen LogP) is -1.06. The fraction of sp³-hybridized carbons (Fsp3) is 0.909. The van der Waals surface area contributed by atoms with E-state index in [1.165, 1.54) is 4.90 Å². The molecule has 0 aliphatic carbocycles. The molecule has 1 aliphatic heterocycles. The SMILES string of the molecule is CC(CO)N(C)CC(=O)N(C)C1CCS(=O)(=O)C1. The van der Waals surface area contributed by atoms with Crippen molar-refractivity contribution in [2.24, 2.45) is 0 Å². The summed E-state index contributed by atoms with van der Waals surface area (Å²) in [5.41, 5.74) is 0. The van der Waals surface area contributed by atoms with Crippen molar-refractivity contribution in [2.45, 2.75) is 25.4 Å². The van der Waals surface area contributed by atoms with E-state index < -0.39 is 9.84 Å². The minimum atomic E-state index is -2.97. The van der Waals surface area contributed by atoms with Crippen LogP contribution < -0.4 is 0 Å². The molecule has 0 radical (unpaired) electrons. The van der Waals surface area contributed by atoms with Gasteiger partial charge in [0.15, 0.2) is 9.84 Å². The summed E-state index contributed by atoms with van der Waals surface area (Å²) in [6.45, 7) is 2.01. The lowest BCUT2D eigenvalue weighted by molar-refractivity contribution is -0.133. The number of carbonyl (C=O) groups excluding carboxylic acids is 1. The summed E-state index contributed by atoms with van der Waals surface area (Å²) in [6, 6.07) is -0.296. The molecule has 1 rings (SSSR count). The molecular formula is C11H22N2O4S. The molecule has 0 saturated carbocycles. The fourth-order valence-electron chi connectivity index (χ4n) is 1.90. The molecule has 0 aromatic rings. The third kappa shape index (κ3) is 3.93. The van der Waals surface area contributed by atoms with Crippen LogP contribution in [0.15, 0.2) is 0 Å². The Morgan fingerprint density at radius 3 is 2.50 bits per heavy atom. The summed E-state index contributed by atoms with van der Waals surface area (Å²) in [5, 5.41) is 8.99. The van der Waals surface area contributed by atoms with Crippen LogP contribution in [-0.4, -0.2) is 80.1 Å². The highest BCUT2D eigenvalue weighted by Crippen LogP contribution is 2.16. The van der Waals surface area contributed by atoms with Crippen molar-refractivity contribution >= 4 is 15.7 Å². The van der Waals surface area contributed by atoms with E-state index in [1.54, 1.807) is 19.0 Å². The lowest BCUT2D eigenvalue weighted by Crippen LogP contribution is -2.45. The summed E-state index contributed by atoms with van der Waals surface area (Å²) in [5.74, 6) is 0.118. The van der Waals surface area contributed by atoms with Gasteiger partial charge in [0, 0.05) is 19.1 Å². The molecule has 1 N–H and O–H groups in total. The number of sulfone groups is 1. The molecule has 1 aliphatic rings. The number of hydrogen-bond acceptors (Lipinski definition) is 5. The maximum absolute atomic E-state index is 12.0. The fourth-order valence-corrected chi connectivity index (χ4v) is 3.68. The molecule has 2 unspecified atom stereocenters. The van der Waals surface area contributed by atoms with Gasteiger partial charge < -0.3 is 10.0 Å². The van der Waals surface area contributed by atoms with E-state index >= 15 is 0 Å². The molecule has 0 aromatic carbocycles. The minimum Gasteiger partial charge on any atom is -0.395 e. The standard InChI is InChI=1S/C11H22N2O4S/c1-9(7-14)12(2)6-11(15)13(3)10-4-5-18(16,17)8-10/h9-10,14H,4-8H2,1-3H3. The van der Waals surface area contributed by atoms with Gasteiger partial charge in [-0.3, -0.25) is 9.69 Å². The maximum atomic E-state index is 12.0. The van der Waals surface area contributed by atoms with Crippen molar-refractivity contribution in [2.75, 3.05) is 38.8 Å². The van der Waals surface area contributed by atoms with E-state index in [0.717, 1.165) is 0 Å². The molecule has 18 heavy (non-hydrogen) atoms. The van der Waals surface area contributed by atoms with Crippen LogP contribution in [0.2, 0.25) is 0 Å². The number of carbonyl (C=O) groups is 1. The van der Waals surface area contributed by atoms with Gasteiger partial charge in [0.25, 0.3) is 0 Å². The number of amides is 1. The molecule has 1 amide bonds. The lowest BCUT2D eigenvalue weighted by Gasteiger charge is -2.28. The topological polar surface area (TPSA) is 77.9 Å². The molecule has 0 aromatic heterocycles. The van der Waals surface area contributed by atoms with Crippen LogP contribution >= 0.6 is 0 Å². The average Bonchev–Trinajstić information content (AvgIpc) is 2.67. The molecular weight excluding hydrogens is 256 g/mol. The van der Waals surface area contributed by atoms with Crippen molar-refractivity contribution < 1.29 is 18.3 Å². The van der Waals surface area contributed by atoms with Gasteiger partial charge in [-0.2, -0.15) is 0 Å². The van der Waals surface area contributed by atoms with Crippen molar-refractivity contribution in [3.05, 3.63) is 0 Å². The van der Waals surface area contributed by atoms with Crippen molar-refractivity contribution in [3.63, 3.8) is 0 Å². The third-order valence-electron chi connectivity index (χ3n) is 3.55. The van der Waals surface area contributed by atoms with E-state index in [-0.39, 0.29) is 42.6 Å². The highest BCUT2D eigenvalue weighted by Gasteiger charge is 2.32. The number of rotatable bonds is 5. The zero-order chi connectivity index (χ0) is 13.9. The van der Waals surface area contributed by atoms with Crippen molar-refractivity contribution in [1.82, 2.24) is 9.80 Å². The first-order valence-electron chi connectivity index (χ1n) is 6.04. The Bertz CT molecular complexity index is 396. The molecule has 7 heteroatoms. The smallest absolute Gasteiger partial charge is 0.236 e. The second kappa shape index (κ2) is 5.99. The Labute approximate surface area is 108 Å². The number of aliphatic hydroxyl groups is 1. The Balaban J connectivity index is 2.52. The quantitative estimate of drug-likeness (QED) is 0.694. The molecule has 1 saturated heterocycles. The molecule has 1 heterocycles. The molecule has 0 spiro atoms. The molecule has 106 valence electrons. The monoisotopic (exact) mass is 278 g/mol. The van der Waals surface area contributed by atoms with Crippen molar-refractivity contribution in [3.8, 4) is 0 Å². The van der Waals surface area contributed by atoms with Gasteiger partial charge in [-0.05, 0) is 20.4 Å². The first-order chi connectivity index (χ1) is 8.26. The zero-order valence-corrected chi connectivity index (χ0v) is 12.0. The van der Waals surface area contributed by atoms with E-state index in [9.17, 15) is 13.2 Å². The minimum absolute atomic E-state index is 0.00863. The van der Waals surface area contributed by atoms with E-state index in [1.807, 2.05) is 6.92 Å². The van der Waals surface area contributed by atoms with Gasteiger partial charge in [-0.25, -0.2) is 8.42 Å². The highest BCUT2D eigenvalue weighted by atomic mass is 32.2. The van der Waals surface area contributed by atoms with Crippen LogP contribution in [0.4, 0.5) is 0 Å². The average molecular weight is 278 g/mol. The van der Waals surface area contributed by atoms with E-state index in [0.29, 0.717) is 6.42 Å². The maximum Gasteiger partial charge on any atom is 0.236 e. The van der Waals surface area contributed by atoms with Crippen molar-refractivity contribution in [1.29, 1.82) is 0 Å². The Morgan fingerprint density at radius 2 is 2.06 bits per heavy atom. The zero-order valence-electron chi connectivity index (χ0n) is 11.2. The first-order valence-corrected chi connectivity index (χ1v) is 7.86. The van der Waals surface area contributed by atoms with Gasteiger partial charge in [0.05, 0.1) is 24.7 Å². The lowest BCUT2D eigenvalue weighted by atomic mass is 10.2. The first kappa shape index (κ1) is 15.4. The van der Waals surface area contributed by atoms with Crippen LogP contribution in [0, 0.1) is 0 Å². The molecule has 1 fully saturated rings. The number of nitrogens with zero attached hydrogens (tertiary/aromatic N) is 2. The summed E-state index contributed by atoms with van der Waals surface area (Å²) in [6.07, 6.45) is 0.518. The number of aliphatic hydroxyl groups excluding tert-OH is 1. The molecule has 6 nitrogen and oxygen atoms in total. The van der Waals surface area contributed by atoms with Gasteiger partial charge in [0.1, 0.15) is 0 Å². The highest BCUT2D eigenvalue weighted by molar-refractivity contribution is 7.91. The second-order valence-corrected chi connectivity index (χ2v) is 7.24. The number of hydrogen-bond donors (Lipinski definition) is 1. The normalized spacial score (nSPS) is 24.2. The van der Waals surface area contributed by atoms with Crippen LogP contribution in [0.5, 0.6) is 0 Å². The number of likely N-dealkylation sites (N-methyl/N-ethyl adjacent to an activating group) is 2. The van der Waals surface area contributed by atoms with E-state index in [2.05, 4.69) is 0 Å². The van der Waals surface area contributed by atoms with Crippen LogP contribution in [0.25, 0.3) is 0 Å². The second-order valence-electron chi connectivity index (χ2n) is 5.01. The summed E-state index contributed by atoms with van der Waals surface area (Å²) in [4.78, 5) is 15.3. The van der Waals surface area contributed by atoms with E-state index in [4.69, 9.17) is 5.11 Å². The predicted molar refractivity (Wildman–Crippen MR) is 69.0 cm³/mol. The van der Waals surface area contributed by atoms with Crippen LogP contribution in [0.3, 0.4) is 0 Å². The Hall–Kier alpha value is -0.660. The van der Waals surface area contributed by atoms with Gasteiger partial charge in [0.2, 0.25) is 5.91 Å². The summed E-state index contributed by atoms with van der Waals surface area (Å²) < 4.78 is 22.7. The molecule has 0 bridgehead atoms. The van der Waals surface area contributed by atoms with Crippen LogP contribution in [-0.2, 0) is 14.6 Å². The van der Waals surface area contributed by atoms with Gasteiger partial charge >= 0.3 is 0 Å². The largest absolute Gasteiger partial charge is 0.395 e. The third-order valence-corrected chi connectivity index (χ3v) is 5.30. The Kier molecular flexibility index (Phi) is 5.12. The van der Waals surface area contributed by atoms with Gasteiger partial charge in [-0.1, -0.05) is 0 Å². The summed E-state index contributed by atoms with van der Waals surface area (Å²) in [7, 11) is 0.435. The van der Waals surface area contributed by atoms with Crippen LogP contribution in [0.1, 0.15) is 13.3 Å². The van der Waals surface area contributed by atoms with Gasteiger partial charge in [-0.15, -0.1) is 0 Å².